The molecule has 2 aromatic rings. The molecule has 0 bridgehead atoms. The van der Waals surface area contributed by atoms with Crippen LogP contribution in [0.1, 0.15) is 29.3 Å². The van der Waals surface area contributed by atoms with Gasteiger partial charge in [-0.3, -0.25) is 9.10 Å². The first kappa shape index (κ1) is 15.7. The standard InChI is InChI=1S/C17H16FNO3S/c1-12(20)13-4-9-17-14(11-13)3-2-10-19(17)23(21,22)16-7-5-15(18)6-8-16/h4-9,11H,2-3,10H2,1H3. The Morgan fingerprint density at radius 1 is 1.13 bits per heavy atom. The summed E-state index contributed by atoms with van der Waals surface area (Å²) in [6.07, 6.45) is 1.40. The fourth-order valence-electron chi connectivity index (χ4n) is 2.77. The molecule has 0 aliphatic carbocycles. The fourth-order valence-corrected chi connectivity index (χ4v) is 4.31. The van der Waals surface area contributed by atoms with E-state index < -0.39 is 15.8 Å². The average molecular weight is 333 g/mol. The van der Waals surface area contributed by atoms with E-state index in [4.69, 9.17) is 0 Å². The summed E-state index contributed by atoms with van der Waals surface area (Å²) in [7, 11) is -3.74. The highest BCUT2D eigenvalue weighted by Crippen LogP contribution is 2.32. The van der Waals surface area contributed by atoms with Crippen molar-refractivity contribution in [2.75, 3.05) is 10.8 Å². The van der Waals surface area contributed by atoms with Crippen LogP contribution in [0.25, 0.3) is 0 Å². The van der Waals surface area contributed by atoms with E-state index in [1.54, 1.807) is 18.2 Å². The number of benzene rings is 2. The van der Waals surface area contributed by atoms with Crippen molar-refractivity contribution in [2.45, 2.75) is 24.7 Å². The van der Waals surface area contributed by atoms with Gasteiger partial charge in [0.1, 0.15) is 5.82 Å². The highest BCUT2D eigenvalue weighted by Gasteiger charge is 2.29. The van der Waals surface area contributed by atoms with Gasteiger partial charge >= 0.3 is 0 Å². The van der Waals surface area contributed by atoms with Crippen LogP contribution in [-0.4, -0.2) is 20.7 Å². The van der Waals surface area contributed by atoms with Crippen LogP contribution < -0.4 is 4.31 Å². The van der Waals surface area contributed by atoms with Gasteiger partial charge in [0.25, 0.3) is 10.0 Å². The van der Waals surface area contributed by atoms with E-state index in [0.717, 1.165) is 24.1 Å². The number of nitrogens with zero attached hydrogens (tertiary/aromatic N) is 1. The number of ketones is 1. The number of aryl methyl sites for hydroxylation is 1. The van der Waals surface area contributed by atoms with Gasteiger partial charge in [0.2, 0.25) is 0 Å². The molecule has 0 amide bonds. The zero-order valence-corrected chi connectivity index (χ0v) is 13.4. The van der Waals surface area contributed by atoms with Crippen molar-refractivity contribution in [3.05, 3.63) is 59.4 Å². The summed E-state index contributed by atoms with van der Waals surface area (Å²) in [5.41, 5.74) is 2.00. The molecule has 0 radical (unpaired) electrons. The molecule has 0 saturated carbocycles. The Morgan fingerprint density at radius 2 is 1.83 bits per heavy atom. The number of carbonyl (C=O) groups excluding carboxylic acids is 1. The highest BCUT2D eigenvalue weighted by molar-refractivity contribution is 7.92. The molecule has 6 heteroatoms. The topological polar surface area (TPSA) is 54.5 Å². The molecule has 0 fully saturated rings. The average Bonchev–Trinajstić information content (AvgIpc) is 2.54. The number of sulfonamides is 1. The number of rotatable bonds is 3. The van der Waals surface area contributed by atoms with Gasteiger partial charge in [-0.25, -0.2) is 12.8 Å². The maximum Gasteiger partial charge on any atom is 0.264 e. The Labute approximate surface area is 134 Å². The van der Waals surface area contributed by atoms with Gasteiger partial charge in [0.15, 0.2) is 5.78 Å². The fraction of sp³-hybridized carbons (Fsp3) is 0.235. The number of hydrogen-bond donors (Lipinski definition) is 0. The molecule has 0 unspecified atom stereocenters. The van der Waals surface area contributed by atoms with E-state index in [-0.39, 0.29) is 10.7 Å². The number of halogens is 1. The van der Waals surface area contributed by atoms with E-state index in [9.17, 15) is 17.6 Å². The molecule has 0 saturated heterocycles. The molecule has 1 aliphatic heterocycles. The molecule has 3 rings (SSSR count). The van der Waals surface area contributed by atoms with E-state index in [0.29, 0.717) is 24.2 Å². The van der Waals surface area contributed by atoms with Crippen LogP contribution in [0.15, 0.2) is 47.4 Å². The molecule has 0 atom stereocenters. The third-order valence-corrected chi connectivity index (χ3v) is 5.79. The number of fused-ring (bicyclic) bond motifs is 1. The first-order valence-electron chi connectivity index (χ1n) is 7.32. The largest absolute Gasteiger partial charge is 0.295 e. The molecule has 1 heterocycles. The molecule has 23 heavy (non-hydrogen) atoms. The minimum absolute atomic E-state index is 0.0497. The number of Topliss-reactive ketones (excluding diaryl/α,β-unsaturated/α-hetero) is 1. The summed E-state index contributed by atoms with van der Waals surface area (Å²) < 4.78 is 40.0. The van der Waals surface area contributed by atoms with Crippen molar-refractivity contribution < 1.29 is 17.6 Å². The predicted octanol–water partition coefficient (Wildman–Crippen LogP) is 3.17. The van der Waals surface area contributed by atoms with E-state index in [1.807, 2.05) is 0 Å². The first-order valence-corrected chi connectivity index (χ1v) is 8.76. The minimum Gasteiger partial charge on any atom is -0.295 e. The van der Waals surface area contributed by atoms with Gasteiger partial charge in [0, 0.05) is 12.1 Å². The predicted molar refractivity (Wildman–Crippen MR) is 85.7 cm³/mol. The van der Waals surface area contributed by atoms with Gasteiger partial charge in [-0.05, 0) is 67.8 Å². The third-order valence-electron chi connectivity index (χ3n) is 3.96. The molecular formula is C17H16FNO3S. The van der Waals surface area contributed by atoms with E-state index in [2.05, 4.69) is 0 Å². The van der Waals surface area contributed by atoms with Crippen LogP contribution in [0.2, 0.25) is 0 Å². The summed E-state index contributed by atoms with van der Waals surface area (Å²) in [5.74, 6) is -0.527. The Hall–Kier alpha value is -2.21. The summed E-state index contributed by atoms with van der Waals surface area (Å²) in [6, 6.07) is 9.87. The van der Waals surface area contributed by atoms with Crippen molar-refractivity contribution in [1.82, 2.24) is 0 Å². The van der Waals surface area contributed by atoms with Crippen LogP contribution in [0, 0.1) is 5.82 Å². The normalized spacial score (nSPS) is 14.4. The zero-order chi connectivity index (χ0) is 16.6. The second kappa shape index (κ2) is 5.77. The molecule has 0 aromatic heterocycles. The van der Waals surface area contributed by atoms with Crippen LogP contribution in [0.4, 0.5) is 10.1 Å². The Morgan fingerprint density at radius 3 is 2.48 bits per heavy atom. The van der Waals surface area contributed by atoms with Crippen molar-refractivity contribution in [3.8, 4) is 0 Å². The molecule has 0 N–H and O–H groups in total. The number of hydrogen-bond acceptors (Lipinski definition) is 3. The molecule has 2 aromatic carbocycles. The minimum atomic E-state index is -3.74. The smallest absolute Gasteiger partial charge is 0.264 e. The monoisotopic (exact) mass is 333 g/mol. The Kier molecular flexibility index (Phi) is 3.93. The molecular weight excluding hydrogens is 317 g/mol. The third kappa shape index (κ3) is 2.86. The maximum atomic E-state index is 13.0. The van der Waals surface area contributed by atoms with Crippen molar-refractivity contribution >= 4 is 21.5 Å². The molecule has 0 spiro atoms. The summed E-state index contributed by atoms with van der Waals surface area (Å²) in [5, 5.41) is 0. The second-order valence-corrected chi connectivity index (χ2v) is 7.40. The number of carbonyl (C=O) groups is 1. The summed E-state index contributed by atoms with van der Waals surface area (Å²) >= 11 is 0. The van der Waals surface area contributed by atoms with Crippen LogP contribution in [-0.2, 0) is 16.4 Å². The maximum absolute atomic E-state index is 13.0. The van der Waals surface area contributed by atoms with Gasteiger partial charge in [-0.2, -0.15) is 0 Å². The lowest BCUT2D eigenvalue weighted by molar-refractivity contribution is 0.101. The number of anilines is 1. The first-order chi connectivity index (χ1) is 10.9. The SMILES string of the molecule is CC(=O)c1ccc2c(c1)CCCN2S(=O)(=O)c1ccc(F)cc1. The molecule has 120 valence electrons. The highest BCUT2D eigenvalue weighted by atomic mass is 32.2. The van der Waals surface area contributed by atoms with E-state index in [1.165, 1.54) is 23.4 Å². The lowest BCUT2D eigenvalue weighted by atomic mass is 9.99. The lowest BCUT2D eigenvalue weighted by Gasteiger charge is -2.30. The Balaban J connectivity index is 2.06. The lowest BCUT2D eigenvalue weighted by Crippen LogP contribution is -2.35. The van der Waals surface area contributed by atoms with E-state index >= 15 is 0 Å². The van der Waals surface area contributed by atoms with Gasteiger partial charge < -0.3 is 0 Å². The van der Waals surface area contributed by atoms with Crippen molar-refractivity contribution in [1.29, 1.82) is 0 Å². The molecule has 4 nitrogen and oxygen atoms in total. The van der Waals surface area contributed by atoms with Crippen LogP contribution in [0.3, 0.4) is 0 Å². The Bertz CT molecular complexity index is 860. The zero-order valence-electron chi connectivity index (χ0n) is 12.6. The van der Waals surface area contributed by atoms with Gasteiger partial charge in [0.05, 0.1) is 10.6 Å². The second-order valence-electron chi connectivity index (χ2n) is 5.53. The van der Waals surface area contributed by atoms with Gasteiger partial charge in [-0.1, -0.05) is 0 Å². The quantitative estimate of drug-likeness (QED) is 0.811. The van der Waals surface area contributed by atoms with Gasteiger partial charge in [-0.15, -0.1) is 0 Å². The van der Waals surface area contributed by atoms with Crippen molar-refractivity contribution in [3.63, 3.8) is 0 Å². The molecule has 1 aliphatic rings. The van der Waals surface area contributed by atoms with Crippen LogP contribution >= 0.6 is 0 Å². The summed E-state index contributed by atoms with van der Waals surface area (Å²) in [4.78, 5) is 11.6. The summed E-state index contributed by atoms with van der Waals surface area (Å²) in [6.45, 7) is 1.85. The van der Waals surface area contributed by atoms with Crippen LogP contribution in [0.5, 0.6) is 0 Å². The van der Waals surface area contributed by atoms with Crippen molar-refractivity contribution in [2.24, 2.45) is 0 Å².